The first-order valence-electron chi connectivity index (χ1n) is 10.2. The van der Waals surface area contributed by atoms with Crippen LogP contribution < -0.4 is 16.0 Å². The van der Waals surface area contributed by atoms with Gasteiger partial charge >= 0.3 is 0 Å². The zero-order chi connectivity index (χ0) is 21.6. The van der Waals surface area contributed by atoms with Gasteiger partial charge in [0.1, 0.15) is 5.69 Å². The molecule has 0 radical (unpaired) electrons. The smallest absolute Gasteiger partial charge is 0.271 e. The van der Waals surface area contributed by atoms with Gasteiger partial charge in [-0.2, -0.15) is 10.4 Å². The number of hydrogen-bond acceptors (Lipinski definition) is 4. The lowest BCUT2D eigenvalue weighted by Gasteiger charge is -2.41. The van der Waals surface area contributed by atoms with Crippen molar-refractivity contribution in [1.29, 1.82) is 5.26 Å². The minimum atomic E-state index is -0.145. The van der Waals surface area contributed by atoms with Crippen molar-refractivity contribution in [3.8, 4) is 6.19 Å². The van der Waals surface area contributed by atoms with Crippen LogP contribution >= 0.6 is 0 Å². The van der Waals surface area contributed by atoms with Crippen molar-refractivity contribution < 1.29 is 4.79 Å². The van der Waals surface area contributed by atoms with Crippen molar-refractivity contribution in [2.45, 2.75) is 44.1 Å². The summed E-state index contributed by atoms with van der Waals surface area (Å²) in [6.07, 6.45) is 5.48. The molecule has 1 saturated carbocycles. The normalized spacial score (nSPS) is 21.5. The lowest BCUT2D eigenvalue weighted by Crippen LogP contribution is -2.49. The Morgan fingerprint density at radius 3 is 2.60 bits per heavy atom. The molecule has 1 aliphatic carbocycles. The third-order valence-electron chi connectivity index (χ3n) is 6.00. The molecule has 2 aromatic rings. The fraction of sp³-hybridized carbons (Fsp3) is 0.455. The van der Waals surface area contributed by atoms with Crippen LogP contribution in [-0.2, 0) is 12.5 Å². The number of amides is 1. The molecule has 8 nitrogen and oxygen atoms in total. The fourth-order valence-electron chi connectivity index (χ4n) is 4.09. The second kappa shape index (κ2) is 9.44. The summed E-state index contributed by atoms with van der Waals surface area (Å²) in [7, 11) is 3.58. The number of rotatable bonds is 5. The van der Waals surface area contributed by atoms with Crippen molar-refractivity contribution in [3.05, 3.63) is 53.3 Å². The van der Waals surface area contributed by atoms with Crippen molar-refractivity contribution in [2.24, 2.45) is 12.0 Å². The summed E-state index contributed by atoms with van der Waals surface area (Å²) in [6.45, 7) is 2.49. The van der Waals surface area contributed by atoms with Gasteiger partial charge in [-0.1, -0.05) is 30.3 Å². The minimum Gasteiger partial charge on any atom is -0.359 e. The van der Waals surface area contributed by atoms with Crippen LogP contribution in [0.5, 0.6) is 0 Å². The quantitative estimate of drug-likeness (QED) is 0.399. The Bertz CT molecular complexity index is 915. The van der Waals surface area contributed by atoms with Crippen LogP contribution in [-0.4, -0.2) is 41.3 Å². The average molecular weight is 408 g/mol. The third-order valence-corrected chi connectivity index (χ3v) is 6.00. The van der Waals surface area contributed by atoms with E-state index in [1.54, 1.807) is 17.8 Å². The Morgan fingerprint density at radius 1 is 1.33 bits per heavy atom. The Balaban J connectivity index is 1.72. The van der Waals surface area contributed by atoms with E-state index in [9.17, 15) is 4.79 Å². The zero-order valence-corrected chi connectivity index (χ0v) is 17.8. The number of carbonyl (C=O) groups is 1. The molecule has 0 bridgehead atoms. The zero-order valence-electron chi connectivity index (χ0n) is 17.8. The van der Waals surface area contributed by atoms with E-state index in [2.05, 4.69) is 38.2 Å². The van der Waals surface area contributed by atoms with E-state index >= 15 is 0 Å². The maximum Gasteiger partial charge on any atom is 0.271 e. The Hall–Kier alpha value is -3.34. The van der Waals surface area contributed by atoms with Crippen molar-refractivity contribution in [3.63, 3.8) is 0 Å². The SMILES string of the molecule is CN/C(=N\C#N)NC1CCC(CNC(=O)c2cc(C)n(C)n2)(c2ccccc2)CC1. The number of hydrogen-bond donors (Lipinski definition) is 3. The molecule has 1 aromatic heterocycles. The van der Waals surface area contributed by atoms with Crippen LogP contribution in [0.4, 0.5) is 0 Å². The summed E-state index contributed by atoms with van der Waals surface area (Å²) in [6, 6.07) is 12.4. The highest BCUT2D eigenvalue weighted by atomic mass is 16.1. The number of carbonyl (C=O) groups excluding carboxylic acids is 1. The number of nitrogens with one attached hydrogen (secondary N) is 3. The van der Waals surface area contributed by atoms with Crippen molar-refractivity contribution >= 4 is 11.9 Å². The highest BCUT2D eigenvalue weighted by Gasteiger charge is 2.37. The van der Waals surface area contributed by atoms with Gasteiger partial charge in [0.05, 0.1) is 0 Å². The van der Waals surface area contributed by atoms with Gasteiger partial charge in [0.25, 0.3) is 5.91 Å². The minimum absolute atomic E-state index is 0.134. The van der Waals surface area contributed by atoms with Gasteiger partial charge in [-0.05, 0) is 44.2 Å². The first-order valence-corrected chi connectivity index (χ1v) is 10.2. The summed E-state index contributed by atoms with van der Waals surface area (Å²) in [5.41, 5.74) is 2.50. The molecular formula is C22H29N7O. The highest BCUT2D eigenvalue weighted by molar-refractivity contribution is 5.92. The van der Waals surface area contributed by atoms with Crippen LogP contribution in [0, 0.1) is 18.4 Å². The van der Waals surface area contributed by atoms with Crippen LogP contribution in [0.2, 0.25) is 0 Å². The third kappa shape index (κ3) is 4.79. The Labute approximate surface area is 177 Å². The monoisotopic (exact) mass is 407 g/mol. The Morgan fingerprint density at radius 2 is 2.03 bits per heavy atom. The predicted molar refractivity (Wildman–Crippen MR) is 116 cm³/mol. The lowest BCUT2D eigenvalue weighted by molar-refractivity contribution is 0.0929. The number of benzene rings is 1. The molecule has 1 amide bonds. The summed E-state index contributed by atoms with van der Waals surface area (Å²) < 4.78 is 1.71. The molecule has 1 heterocycles. The van der Waals surface area contributed by atoms with Crippen LogP contribution in [0.1, 0.15) is 47.4 Å². The summed E-state index contributed by atoms with van der Waals surface area (Å²) >= 11 is 0. The van der Waals surface area contributed by atoms with E-state index in [1.807, 2.05) is 38.4 Å². The van der Waals surface area contributed by atoms with Crippen LogP contribution in [0.3, 0.4) is 0 Å². The first-order chi connectivity index (χ1) is 14.5. The maximum atomic E-state index is 12.7. The second-order valence-electron chi connectivity index (χ2n) is 7.85. The van der Waals surface area contributed by atoms with Gasteiger partial charge in [-0.3, -0.25) is 9.48 Å². The van der Waals surface area contributed by atoms with Gasteiger partial charge in [0.15, 0.2) is 0 Å². The van der Waals surface area contributed by atoms with E-state index in [0.29, 0.717) is 18.2 Å². The number of nitrogens with zero attached hydrogens (tertiary/aromatic N) is 4. The Kier molecular flexibility index (Phi) is 6.72. The van der Waals surface area contributed by atoms with E-state index in [0.717, 1.165) is 31.4 Å². The topological polar surface area (TPSA) is 107 Å². The van der Waals surface area contributed by atoms with Crippen molar-refractivity contribution in [2.75, 3.05) is 13.6 Å². The average Bonchev–Trinajstić information content (AvgIpc) is 3.12. The molecule has 0 spiro atoms. The standard InChI is InChI=1S/C22H29N7O/c1-16-13-19(28-29(16)3)20(30)25-14-22(17-7-5-4-6-8-17)11-9-18(10-12-22)27-21(24-2)26-15-23/h4-8,13,18H,9-12,14H2,1-3H3,(H,25,30)(H2,24,26,27). The van der Waals surface area contributed by atoms with Crippen LogP contribution in [0.25, 0.3) is 0 Å². The van der Waals surface area contributed by atoms with Gasteiger partial charge < -0.3 is 16.0 Å². The van der Waals surface area contributed by atoms with Gasteiger partial charge in [0, 0.05) is 37.8 Å². The number of aromatic nitrogens is 2. The molecule has 30 heavy (non-hydrogen) atoms. The summed E-state index contributed by atoms with van der Waals surface area (Å²) in [5.74, 6) is 0.349. The molecule has 0 atom stereocenters. The van der Waals surface area contributed by atoms with E-state index in [4.69, 9.17) is 5.26 Å². The van der Waals surface area contributed by atoms with E-state index in [1.165, 1.54) is 5.56 Å². The molecule has 1 aromatic carbocycles. The van der Waals surface area contributed by atoms with Gasteiger partial charge in [-0.15, -0.1) is 4.99 Å². The number of guanidine groups is 1. The molecule has 158 valence electrons. The van der Waals surface area contributed by atoms with Crippen LogP contribution in [0.15, 0.2) is 41.4 Å². The summed E-state index contributed by atoms with van der Waals surface area (Å²) in [4.78, 5) is 16.5. The second-order valence-corrected chi connectivity index (χ2v) is 7.85. The van der Waals surface area contributed by atoms with Gasteiger partial charge in [-0.25, -0.2) is 0 Å². The number of aliphatic imine (C=N–C) groups is 1. The van der Waals surface area contributed by atoms with E-state index < -0.39 is 0 Å². The molecule has 0 aliphatic heterocycles. The predicted octanol–water partition coefficient (Wildman–Crippen LogP) is 1.99. The summed E-state index contributed by atoms with van der Waals surface area (Å²) in [5, 5.41) is 22.4. The largest absolute Gasteiger partial charge is 0.359 e. The highest BCUT2D eigenvalue weighted by Crippen LogP contribution is 2.39. The molecule has 1 fully saturated rings. The molecule has 3 N–H and O–H groups in total. The lowest BCUT2D eigenvalue weighted by atomic mass is 9.68. The molecule has 1 aliphatic rings. The number of nitriles is 1. The fourth-order valence-corrected chi connectivity index (χ4v) is 4.09. The van der Waals surface area contributed by atoms with Gasteiger partial charge in [0.2, 0.25) is 12.2 Å². The first kappa shape index (κ1) is 21.4. The molecule has 0 unspecified atom stereocenters. The number of aryl methyl sites for hydroxylation is 2. The van der Waals surface area contributed by atoms with Crippen molar-refractivity contribution in [1.82, 2.24) is 25.7 Å². The maximum absolute atomic E-state index is 12.7. The molecule has 8 heteroatoms. The van der Waals surface area contributed by atoms with E-state index in [-0.39, 0.29) is 17.4 Å². The molecule has 3 rings (SSSR count). The molecular weight excluding hydrogens is 378 g/mol. The molecule has 0 saturated heterocycles.